The Bertz CT molecular complexity index is 2000. The van der Waals surface area contributed by atoms with Gasteiger partial charge in [-0.15, -0.1) is 0 Å². The van der Waals surface area contributed by atoms with Gasteiger partial charge in [-0.05, 0) is 61.9 Å². The van der Waals surface area contributed by atoms with Gasteiger partial charge >= 0.3 is 48.4 Å². The van der Waals surface area contributed by atoms with E-state index in [1.165, 1.54) is 6.07 Å². The van der Waals surface area contributed by atoms with Gasteiger partial charge in [-0.3, -0.25) is 19.7 Å². The topological polar surface area (TPSA) is 223 Å². The quantitative estimate of drug-likeness (QED) is 0.186. The van der Waals surface area contributed by atoms with Crippen molar-refractivity contribution in [2.45, 2.75) is 56.7 Å². The molecule has 5 N–H and O–H groups in total. The lowest BCUT2D eigenvalue weighted by Crippen LogP contribution is -2.49. The van der Waals surface area contributed by atoms with Crippen LogP contribution in [0.25, 0.3) is 10.9 Å². The molecule has 0 radical (unpaired) electrons. The number of carbonyl (C=O) groups is 6. The second-order valence-corrected chi connectivity index (χ2v) is 13.4. The Morgan fingerprint density at radius 1 is 0.721 bits per heavy atom. The maximum atomic E-state index is 14.5. The Labute approximate surface area is 336 Å². The van der Waals surface area contributed by atoms with Crippen molar-refractivity contribution in [1.29, 1.82) is 0 Å². The van der Waals surface area contributed by atoms with E-state index in [1.807, 2.05) is 29.3 Å². The molecule has 0 aliphatic carbocycles. The molecule has 3 aliphatic rings. The van der Waals surface area contributed by atoms with E-state index in [-0.39, 0.29) is 23.9 Å². The van der Waals surface area contributed by atoms with E-state index in [0.717, 1.165) is 81.1 Å². The van der Waals surface area contributed by atoms with Crippen LogP contribution in [0.3, 0.4) is 0 Å². The number of anilines is 2. The Balaban J connectivity index is 0.000000390. The van der Waals surface area contributed by atoms with Gasteiger partial charge in [0.05, 0.1) is 34.7 Å². The number of carboxylic acids is 4. The number of aromatic nitrogens is 2. The summed E-state index contributed by atoms with van der Waals surface area (Å²) in [4.78, 5) is 67.9. The number of alkyl halides is 9. The molecule has 16 nitrogen and oxygen atoms in total. The molecule has 3 aliphatic heterocycles. The summed E-state index contributed by atoms with van der Waals surface area (Å²) in [6.07, 6.45) is -9.22. The van der Waals surface area contributed by atoms with Gasteiger partial charge in [0.25, 0.3) is 0 Å². The van der Waals surface area contributed by atoms with Crippen LogP contribution >= 0.6 is 0 Å². The van der Waals surface area contributed by atoms with Crippen LogP contribution in [0.1, 0.15) is 48.5 Å². The van der Waals surface area contributed by atoms with Crippen molar-refractivity contribution in [2.75, 3.05) is 49.1 Å². The third kappa shape index (κ3) is 14.2. The number of imide groups is 1. The fourth-order valence-corrected chi connectivity index (χ4v) is 6.34. The number of carbonyl (C=O) groups excluding carboxylic acids is 2. The molecule has 3 saturated heterocycles. The molecular weight excluding hydrogens is 854 g/mol. The van der Waals surface area contributed by atoms with Crippen LogP contribution in [0.2, 0.25) is 0 Å². The Morgan fingerprint density at radius 2 is 1.25 bits per heavy atom. The van der Waals surface area contributed by atoms with Crippen molar-refractivity contribution >= 4 is 58.1 Å². The van der Waals surface area contributed by atoms with Crippen molar-refractivity contribution in [3.8, 4) is 0 Å². The maximum absolute atomic E-state index is 14.5. The highest BCUT2D eigenvalue weighted by molar-refractivity contribution is 6.09. The second kappa shape index (κ2) is 20.4. The summed E-state index contributed by atoms with van der Waals surface area (Å²) < 4.78 is 112. The van der Waals surface area contributed by atoms with Crippen molar-refractivity contribution in [3.63, 3.8) is 0 Å². The fraction of sp³-hybridized carbons (Fsp3) is 0.457. The number of rotatable bonds is 6. The number of fused-ring (bicyclic) bond motifs is 1. The molecule has 2 aromatic carbocycles. The Kier molecular flexibility index (Phi) is 16.4. The highest BCUT2D eigenvalue weighted by Crippen LogP contribution is 2.33. The summed E-state index contributed by atoms with van der Waals surface area (Å²) in [5, 5.41) is 38.5. The lowest BCUT2D eigenvalue weighted by atomic mass is 9.94. The zero-order chi connectivity index (χ0) is 46.0. The minimum absolute atomic E-state index is 0.0322. The van der Waals surface area contributed by atoms with E-state index in [4.69, 9.17) is 39.9 Å². The fourth-order valence-electron chi connectivity index (χ4n) is 6.34. The summed E-state index contributed by atoms with van der Waals surface area (Å²) in [6, 6.07) is 9.91. The lowest BCUT2D eigenvalue weighted by molar-refractivity contribution is -0.193. The van der Waals surface area contributed by atoms with E-state index in [1.54, 1.807) is 11.0 Å². The van der Waals surface area contributed by atoms with Crippen LogP contribution in [0.15, 0.2) is 42.6 Å². The molecule has 0 atom stereocenters. The first-order chi connectivity index (χ1) is 28.2. The zero-order valence-electron chi connectivity index (χ0n) is 31.2. The Morgan fingerprint density at radius 3 is 1.70 bits per heavy atom. The van der Waals surface area contributed by atoms with Gasteiger partial charge in [0, 0.05) is 51.1 Å². The molecule has 336 valence electrons. The molecule has 26 heteroatoms. The Hall–Kier alpha value is -6.21. The molecule has 6 rings (SSSR count). The molecule has 3 amide bonds. The van der Waals surface area contributed by atoms with Crippen molar-refractivity contribution in [2.24, 2.45) is 5.92 Å². The molecular formula is C35H36F10N6O10. The summed E-state index contributed by atoms with van der Waals surface area (Å²) >= 11 is 0. The number of hydrogen-bond donors (Lipinski definition) is 5. The van der Waals surface area contributed by atoms with E-state index in [9.17, 15) is 58.3 Å². The van der Waals surface area contributed by atoms with Gasteiger partial charge in [0.15, 0.2) is 0 Å². The van der Waals surface area contributed by atoms with Crippen molar-refractivity contribution in [3.05, 3.63) is 54.0 Å². The number of nitrogens with zero attached hydrogens (tertiary/aromatic N) is 5. The molecule has 0 saturated carbocycles. The van der Waals surface area contributed by atoms with Crippen molar-refractivity contribution in [1.82, 2.24) is 20.0 Å². The molecule has 4 heterocycles. The minimum Gasteiger partial charge on any atom is -0.478 e. The first kappa shape index (κ1) is 49.2. The van der Waals surface area contributed by atoms with Gasteiger partial charge in [-0.2, -0.15) is 44.6 Å². The molecule has 3 aromatic rings. The number of aliphatic carboxylic acids is 3. The van der Waals surface area contributed by atoms with Crippen LogP contribution < -0.4 is 15.1 Å². The van der Waals surface area contributed by atoms with Gasteiger partial charge in [-0.1, -0.05) is 6.07 Å². The van der Waals surface area contributed by atoms with Crippen molar-refractivity contribution < 1.29 is 93.1 Å². The summed E-state index contributed by atoms with van der Waals surface area (Å²) in [7, 11) is 0. The third-order valence-electron chi connectivity index (χ3n) is 9.26. The van der Waals surface area contributed by atoms with Crippen LogP contribution in [0.4, 0.5) is 60.1 Å². The predicted molar refractivity (Wildman–Crippen MR) is 189 cm³/mol. The van der Waals surface area contributed by atoms with E-state index in [2.05, 4.69) is 14.9 Å². The van der Waals surface area contributed by atoms with Crippen LogP contribution in [-0.2, 0) is 19.2 Å². The molecule has 0 bridgehead atoms. The SMILES string of the molecule is O=C(O)C(F)(F)F.O=C(O)C(F)(F)F.O=C(O)C(F)(F)F.O=C1CCN(c2cccc3c2cnn3C2CCN(CC3CCN(c4ccc(C(=O)O)cc4F)CC3)CC2)C(=O)N1. The van der Waals surface area contributed by atoms with E-state index in [0.29, 0.717) is 18.2 Å². The van der Waals surface area contributed by atoms with Gasteiger partial charge < -0.3 is 30.2 Å². The molecule has 61 heavy (non-hydrogen) atoms. The number of nitrogens with one attached hydrogen (secondary N) is 1. The molecule has 1 aromatic heterocycles. The number of halogens is 10. The predicted octanol–water partition coefficient (Wildman–Crippen LogP) is 5.77. The number of carboxylic acid groups (broad SMARTS) is 4. The summed E-state index contributed by atoms with van der Waals surface area (Å²) in [6.45, 7) is 4.86. The third-order valence-corrected chi connectivity index (χ3v) is 9.26. The number of likely N-dealkylation sites (tertiary alicyclic amines) is 1. The average molecular weight is 891 g/mol. The van der Waals surface area contributed by atoms with Crippen LogP contribution in [0, 0.1) is 11.7 Å². The largest absolute Gasteiger partial charge is 0.490 e. The number of piperidine rings is 2. The number of aromatic carboxylic acids is 1. The second-order valence-electron chi connectivity index (χ2n) is 13.4. The first-order valence-electron chi connectivity index (χ1n) is 17.7. The maximum Gasteiger partial charge on any atom is 0.490 e. The van der Waals surface area contributed by atoms with E-state index < -0.39 is 54.3 Å². The van der Waals surface area contributed by atoms with Crippen LogP contribution in [0.5, 0.6) is 0 Å². The minimum atomic E-state index is -5.08. The standard InChI is InChI=1S/C29H33FN6O4.3C2HF3O2/c30-23-16-20(28(38)39)4-5-26(23)34-13-6-19(7-14-34)18-33-11-8-21(9-12-33)36-25-3-1-2-24(22(25)17-31-36)35-15-10-27(37)32-29(35)40;3*3-2(4,5)1(6)7/h1-5,16-17,19,21H,6-15,18H2,(H,38,39)(H,32,37,40);3*(H,6,7). The lowest BCUT2D eigenvalue weighted by Gasteiger charge is -2.38. The first-order valence-corrected chi connectivity index (χ1v) is 17.7. The molecule has 0 unspecified atom stereocenters. The monoisotopic (exact) mass is 890 g/mol. The number of urea groups is 1. The number of hydrogen-bond acceptors (Lipinski definition) is 9. The van der Waals surface area contributed by atoms with Gasteiger partial charge in [-0.25, -0.2) is 28.4 Å². The molecule has 3 fully saturated rings. The smallest absolute Gasteiger partial charge is 0.478 e. The average Bonchev–Trinajstić information content (AvgIpc) is 3.60. The van der Waals surface area contributed by atoms with E-state index >= 15 is 0 Å². The number of benzene rings is 2. The summed E-state index contributed by atoms with van der Waals surface area (Å²) in [5.41, 5.74) is 2.22. The zero-order valence-corrected chi connectivity index (χ0v) is 31.2. The normalized spacial score (nSPS) is 16.9. The highest BCUT2D eigenvalue weighted by atomic mass is 19.4. The molecule has 0 spiro atoms. The van der Waals surface area contributed by atoms with Gasteiger partial charge in [0.2, 0.25) is 5.91 Å². The highest BCUT2D eigenvalue weighted by Gasteiger charge is 2.39. The van der Waals surface area contributed by atoms with Gasteiger partial charge in [0.1, 0.15) is 5.82 Å². The van der Waals surface area contributed by atoms with Crippen LogP contribution in [-0.4, -0.2) is 129 Å². The summed E-state index contributed by atoms with van der Waals surface area (Å²) in [5.74, 6) is -9.57. The number of amides is 3.